The van der Waals surface area contributed by atoms with Gasteiger partial charge in [-0.2, -0.15) is 0 Å². The Balaban J connectivity index is 1.67. The molecule has 1 heterocycles. The first-order valence-corrected chi connectivity index (χ1v) is 9.77. The predicted octanol–water partition coefficient (Wildman–Crippen LogP) is 4.80. The number of rotatable bonds is 5. The maximum absolute atomic E-state index is 6.56. The Hall–Kier alpha value is -2.56. The maximum Gasteiger partial charge on any atom is 0.494 e. The van der Waals surface area contributed by atoms with Crippen LogP contribution < -0.4 is 10.4 Å². The van der Waals surface area contributed by atoms with E-state index in [0.717, 1.165) is 16.8 Å². The van der Waals surface area contributed by atoms with Crippen molar-refractivity contribution in [1.82, 2.24) is 0 Å². The van der Waals surface area contributed by atoms with Crippen LogP contribution in [0.25, 0.3) is 0 Å². The summed E-state index contributed by atoms with van der Waals surface area (Å²) < 4.78 is 12.9. The van der Waals surface area contributed by atoms with Crippen molar-refractivity contribution in [1.29, 1.82) is 0 Å². The fraction of sp³-hybridized carbons (Fsp3) is 0.250. The predicted molar refractivity (Wildman–Crippen MR) is 116 cm³/mol. The molecule has 0 saturated carbocycles. The van der Waals surface area contributed by atoms with Crippen LogP contribution in [0.4, 0.5) is 11.4 Å². The number of anilines is 2. The highest BCUT2D eigenvalue weighted by molar-refractivity contribution is 6.62. The van der Waals surface area contributed by atoms with E-state index >= 15 is 0 Å². The highest BCUT2D eigenvalue weighted by Crippen LogP contribution is 2.40. The molecule has 3 aromatic carbocycles. The lowest BCUT2D eigenvalue weighted by molar-refractivity contribution is -0.00180. The topological polar surface area (TPSA) is 21.7 Å². The van der Waals surface area contributed by atoms with Crippen LogP contribution >= 0.6 is 0 Å². The van der Waals surface area contributed by atoms with Gasteiger partial charge in [-0.15, -0.1) is 0 Å². The summed E-state index contributed by atoms with van der Waals surface area (Å²) >= 11 is 0. The van der Waals surface area contributed by atoms with E-state index in [1.807, 2.05) is 30.3 Å². The van der Waals surface area contributed by atoms with E-state index in [0.29, 0.717) is 6.54 Å². The zero-order valence-corrected chi connectivity index (χ0v) is 16.7. The highest BCUT2D eigenvalue weighted by atomic mass is 16.7. The van der Waals surface area contributed by atoms with Crippen molar-refractivity contribution in [3.63, 3.8) is 0 Å². The van der Waals surface area contributed by atoms with Crippen LogP contribution in [-0.4, -0.2) is 24.9 Å². The fourth-order valence-electron chi connectivity index (χ4n) is 3.62. The van der Waals surface area contributed by atoms with Gasteiger partial charge in [-0.25, -0.2) is 0 Å². The maximum atomic E-state index is 6.56. The molecule has 1 fully saturated rings. The number of nitrogens with zero attached hydrogens (tertiary/aromatic N) is 1. The molecule has 142 valence electrons. The van der Waals surface area contributed by atoms with Crippen LogP contribution in [0.1, 0.15) is 20.8 Å². The van der Waals surface area contributed by atoms with E-state index in [-0.39, 0.29) is 7.12 Å². The van der Waals surface area contributed by atoms with Crippen molar-refractivity contribution in [3.8, 4) is 0 Å². The van der Waals surface area contributed by atoms with Crippen LogP contribution in [0.2, 0.25) is 0 Å². The van der Waals surface area contributed by atoms with Gasteiger partial charge in [0, 0.05) is 11.4 Å². The summed E-state index contributed by atoms with van der Waals surface area (Å²) in [6.07, 6.45) is 0. The normalized spacial score (nSPS) is 20.9. The minimum absolute atomic E-state index is 0.366. The summed E-state index contributed by atoms with van der Waals surface area (Å²) in [6, 6.07) is 31.0. The van der Waals surface area contributed by atoms with E-state index in [2.05, 4.69) is 86.3 Å². The van der Waals surface area contributed by atoms with Crippen LogP contribution in [0.3, 0.4) is 0 Å². The Morgan fingerprint density at radius 1 is 0.679 bits per heavy atom. The SMILES string of the molecule is CC1(C)OB(c2ccccc2)OC1(C)CN(c1ccccc1)c1ccccc1. The van der Waals surface area contributed by atoms with E-state index < -0.39 is 11.2 Å². The van der Waals surface area contributed by atoms with Crippen LogP contribution in [0, 0.1) is 0 Å². The molecule has 3 aromatic rings. The Bertz CT molecular complexity index is 862. The molecule has 1 unspecified atom stereocenters. The molecule has 0 bridgehead atoms. The third kappa shape index (κ3) is 3.58. The lowest BCUT2D eigenvalue weighted by atomic mass is 9.79. The van der Waals surface area contributed by atoms with Gasteiger partial charge in [0.15, 0.2) is 0 Å². The molecule has 0 spiro atoms. The molecule has 1 atom stereocenters. The molecule has 3 nitrogen and oxygen atoms in total. The third-order valence-electron chi connectivity index (χ3n) is 5.71. The summed E-state index contributed by atoms with van der Waals surface area (Å²) in [5.74, 6) is 0. The van der Waals surface area contributed by atoms with Crippen molar-refractivity contribution in [2.24, 2.45) is 0 Å². The van der Waals surface area contributed by atoms with Crippen LogP contribution in [0.15, 0.2) is 91.0 Å². The molecule has 1 aliphatic heterocycles. The monoisotopic (exact) mass is 371 g/mol. The fourth-order valence-corrected chi connectivity index (χ4v) is 3.62. The number of hydrogen-bond donors (Lipinski definition) is 0. The first-order chi connectivity index (χ1) is 13.5. The lowest BCUT2D eigenvalue weighted by Crippen LogP contribution is -2.52. The van der Waals surface area contributed by atoms with Gasteiger partial charge in [0.1, 0.15) is 0 Å². The Morgan fingerprint density at radius 3 is 1.64 bits per heavy atom. The molecule has 0 amide bonds. The Kier molecular flexibility index (Phi) is 5.01. The molecule has 1 aliphatic rings. The summed E-state index contributed by atoms with van der Waals surface area (Å²) in [5, 5.41) is 0. The zero-order chi connectivity index (χ0) is 19.6. The first-order valence-electron chi connectivity index (χ1n) is 9.77. The second-order valence-corrected chi connectivity index (χ2v) is 7.98. The van der Waals surface area contributed by atoms with Crippen molar-refractivity contribution in [3.05, 3.63) is 91.0 Å². The van der Waals surface area contributed by atoms with E-state index in [1.54, 1.807) is 0 Å². The van der Waals surface area contributed by atoms with Gasteiger partial charge in [-0.05, 0) is 50.5 Å². The molecule has 28 heavy (non-hydrogen) atoms. The summed E-state index contributed by atoms with van der Waals surface area (Å²) in [6.45, 7) is 7.06. The van der Waals surface area contributed by atoms with Crippen LogP contribution in [-0.2, 0) is 9.31 Å². The lowest BCUT2D eigenvalue weighted by Gasteiger charge is -2.41. The van der Waals surface area contributed by atoms with Gasteiger partial charge >= 0.3 is 7.12 Å². The highest BCUT2D eigenvalue weighted by Gasteiger charge is 2.55. The average molecular weight is 371 g/mol. The first kappa shape index (κ1) is 18.8. The molecule has 0 N–H and O–H groups in total. The summed E-state index contributed by atoms with van der Waals surface area (Å²) in [5.41, 5.74) is 2.37. The van der Waals surface area contributed by atoms with E-state index in [9.17, 15) is 0 Å². The minimum atomic E-state index is -0.501. The van der Waals surface area contributed by atoms with Gasteiger partial charge in [-0.3, -0.25) is 0 Å². The average Bonchev–Trinajstić information content (AvgIpc) is 2.97. The Morgan fingerprint density at radius 2 is 1.14 bits per heavy atom. The number of benzene rings is 3. The molecule has 4 rings (SSSR count). The van der Waals surface area contributed by atoms with E-state index in [1.165, 1.54) is 0 Å². The van der Waals surface area contributed by atoms with Crippen molar-refractivity contribution in [2.45, 2.75) is 32.0 Å². The molecule has 0 aromatic heterocycles. The van der Waals surface area contributed by atoms with Gasteiger partial charge < -0.3 is 14.2 Å². The summed E-state index contributed by atoms with van der Waals surface area (Å²) in [7, 11) is -0.366. The van der Waals surface area contributed by atoms with Crippen LogP contribution in [0.5, 0.6) is 0 Å². The van der Waals surface area contributed by atoms with Gasteiger partial charge in [0.2, 0.25) is 0 Å². The zero-order valence-electron chi connectivity index (χ0n) is 16.7. The van der Waals surface area contributed by atoms with Gasteiger partial charge in [0.25, 0.3) is 0 Å². The Labute approximate surface area is 168 Å². The van der Waals surface area contributed by atoms with Crippen molar-refractivity contribution < 1.29 is 9.31 Å². The third-order valence-corrected chi connectivity index (χ3v) is 5.71. The van der Waals surface area contributed by atoms with Crippen molar-refractivity contribution >= 4 is 24.0 Å². The molecule has 4 heteroatoms. The number of hydrogen-bond acceptors (Lipinski definition) is 3. The largest absolute Gasteiger partial charge is 0.494 e. The molecule has 0 aliphatic carbocycles. The van der Waals surface area contributed by atoms with Gasteiger partial charge in [0.05, 0.1) is 17.7 Å². The second kappa shape index (κ2) is 7.46. The molecule has 0 radical (unpaired) electrons. The quantitative estimate of drug-likeness (QED) is 0.601. The van der Waals surface area contributed by atoms with Crippen molar-refractivity contribution in [2.75, 3.05) is 11.4 Å². The minimum Gasteiger partial charge on any atom is -0.399 e. The molecular weight excluding hydrogens is 345 g/mol. The standard InChI is InChI=1S/C24H26BNO2/c1-23(2)24(3,28-25(27-23)20-13-7-4-8-14-20)19-26(21-15-9-5-10-16-21)22-17-11-6-12-18-22/h4-18H,19H2,1-3H3. The molecule has 1 saturated heterocycles. The smallest absolute Gasteiger partial charge is 0.399 e. The molecular formula is C24H26BNO2. The van der Waals surface area contributed by atoms with Gasteiger partial charge in [-0.1, -0.05) is 66.7 Å². The van der Waals surface area contributed by atoms with E-state index in [4.69, 9.17) is 9.31 Å². The second-order valence-electron chi connectivity index (χ2n) is 7.98. The summed E-state index contributed by atoms with van der Waals surface area (Å²) in [4.78, 5) is 2.30. The number of para-hydroxylation sites is 2.